The van der Waals surface area contributed by atoms with Crippen LogP contribution in [0.5, 0.6) is 5.75 Å². The molecule has 1 aromatic carbocycles. The van der Waals surface area contributed by atoms with E-state index < -0.39 is 0 Å². The quantitative estimate of drug-likeness (QED) is 0.838. The predicted octanol–water partition coefficient (Wildman–Crippen LogP) is 2.72. The van der Waals surface area contributed by atoms with Gasteiger partial charge in [-0.2, -0.15) is 0 Å². The molecular formula is C14H19NO2S. The highest BCUT2D eigenvalue weighted by Crippen LogP contribution is 2.39. The molecule has 0 saturated carbocycles. The number of amides is 1. The van der Waals surface area contributed by atoms with Crippen molar-refractivity contribution < 1.29 is 9.53 Å². The van der Waals surface area contributed by atoms with Crippen molar-refractivity contribution in [2.45, 2.75) is 23.8 Å². The maximum Gasteiger partial charge on any atom is 0.235 e. The van der Waals surface area contributed by atoms with Crippen LogP contribution >= 0.6 is 11.8 Å². The lowest BCUT2D eigenvalue weighted by molar-refractivity contribution is -0.126. The molecule has 0 unspecified atom stereocenters. The molecule has 0 bridgehead atoms. The molecular weight excluding hydrogens is 246 g/mol. The van der Waals surface area contributed by atoms with Crippen LogP contribution in [0.3, 0.4) is 0 Å². The fraction of sp³-hybridized carbons (Fsp3) is 0.500. The second kappa shape index (κ2) is 5.65. The highest BCUT2D eigenvalue weighted by Gasteiger charge is 2.31. The summed E-state index contributed by atoms with van der Waals surface area (Å²) in [6.45, 7) is 3.00. The molecule has 4 heteroatoms. The van der Waals surface area contributed by atoms with E-state index in [4.69, 9.17) is 4.74 Å². The largest absolute Gasteiger partial charge is 0.496 e. The van der Waals surface area contributed by atoms with Gasteiger partial charge in [0.05, 0.1) is 12.4 Å². The summed E-state index contributed by atoms with van der Waals surface area (Å²) in [7, 11) is 3.56. The van der Waals surface area contributed by atoms with Crippen molar-refractivity contribution in [1.29, 1.82) is 0 Å². The van der Waals surface area contributed by atoms with Gasteiger partial charge in [-0.25, -0.2) is 0 Å². The summed E-state index contributed by atoms with van der Waals surface area (Å²) in [4.78, 5) is 13.7. The van der Waals surface area contributed by atoms with Crippen LogP contribution in [-0.2, 0) is 4.79 Å². The van der Waals surface area contributed by atoms with Crippen molar-refractivity contribution >= 4 is 17.7 Å². The highest BCUT2D eigenvalue weighted by atomic mass is 32.2. The van der Waals surface area contributed by atoms with Gasteiger partial charge in [0.1, 0.15) is 5.75 Å². The Balaban J connectivity index is 2.08. The van der Waals surface area contributed by atoms with Crippen molar-refractivity contribution in [2.24, 2.45) is 0 Å². The van der Waals surface area contributed by atoms with E-state index in [1.165, 1.54) is 0 Å². The molecule has 0 aliphatic carbocycles. The molecule has 1 amide bonds. The van der Waals surface area contributed by atoms with Gasteiger partial charge in [-0.3, -0.25) is 4.79 Å². The molecule has 3 nitrogen and oxygen atoms in total. The Labute approximate surface area is 113 Å². The minimum Gasteiger partial charge on any atom is -0.496 e. The number of ether oxygens (including phenoxy) is 1. The number of carbonyl (C=O) groups excluding carboxylic acids is 1. The first-order chi connectivity index (χ1) is 8.63. The third-order valence-electron chi connectivity index (χ3n) is 3.32. The summed E-state index contributed by atoms with van der Waals surface area (Å²) in [5.74, 6) is 1.15. The van der Waals surface area contributed by atoms with Crippen LogP contribution in [0, 0.1) is 0 Å². The average molecular weight is 265 g/mol. The number of carbonyl (C=O) groups is 1. The van der Waals surface area contributed by atoms with Crippen LogP contribution in [-0.4, -0.2) is 36.8 Å². The monoisotopic (exact) mass is 265 g/mol. The molecule has 1 heterocycles. The average Bonchev–Trinajstić information content (AvgIpc) is 2.70. The molecule has 1 aliphatic rings. The lowest BCUT2D eigenvalue weighted by Crippen LogP contribution is -2.24. The van der Waals surface area contributed by atoms with Gasteiger partial charge in [0, 0.05) is 24.4 Å². The molecule has 18 heavy (non-hydrogen) atoms. The SMILES string of the molecule is COc1ccccc1[C@H](C)S[C@@H]1CCN(C)C1=O. The summed E-state index contributed by atoms with van der Waals surface area (Å²) in [5.41, 5.74) is 1.16. The van der Waals surface area contributed by atoms with Gasteiger partial charge < -0.3 is 9.64 Å². The summed E-state index contributed by atoms with van der Waals surface area (Å²) in [5, 5.41) is 0.358. The molecule has 0 aromatic heterocycles. The van der Waals surface area contributed by atoms with Crippen LogP contribution in [0.2, 0.25) is 0 Å². The summed E-state index contributed by atoms with van der Waals surface area (Å²) in [6.07, 6.45) is 0.944. The van der Waals surface area contributed by atoms with E-state index >= 15 is 0 Å². The first-order valence-corrected chi connectivity index (χ1v) is 7.11. The van der Waals surface area contributed by atoms with Crippen LogP contribution in [0.1, 0.15) is 24.2 Å². The zero-order valence-electron chi connectivity index (χ0n) is 11.1. The minimum atomic E-state index is 0.0925. The van der Waals surface area contributed by atoms with Gasteiger partial charge in [0.2, 0.25) is 5.91 Å². The Kier molecular flexibility index (Phi) is 4.17. The zero-order valence-corrected chi connectivity index (χ0v) is 11.9. The van der Waals surface area contributed by atoms with Crippen molar-refractivity contribution in [1.82, 2.24) is 4.90 Å². The number of methoxy groups -OCH3 is 1. The third-order valence-corrected chi connectivity index (χ3v) is 4.75. The number of likely N-dealkylation sites (tertiary alicyclic amines) is 1. The topological polar surface area (TPSA) is 29.5 Å². The zero-order chi connectivity index (χ0) is 13.1. The number of hydrogen-bond donors (Lipinski definition) is 0. The first kappa shape index (κ1) is 13.3. The molecule has 1 fully saturated rings. The van der Waals surface area contributed by atoms with Crippen molar-refractivity contribution in [2.75, 3.05) is 20.7 Å². The van der Waals surface area contributed by atoms with Gasteiger partial charge in [-0.15, -0.1) is 11.8 Å². The van der Waals surface area contributed by atoms with Crippen molar-refractivity contribution in [3.05, 3.63) is 29.8 Å². The molecule has 0 radical (unpaired) electrons. The lowest BCUT2D eigenvalue weighted by atomic mass is 10.1. The molecule has 0 spiro atoms. The second-order valence-electron chi connectivity index (χ2n) is 4.56. The number of benzene rings is 1. The smallest absolute Gasteiger partial charge is 0.235 e. The van der Waals surface area contributed by atoms with E-state index in [1.807, 2.05) is 30.1 Å². The number of thioether (sulfide) groups is 1. The van der Waals surface area contributed by atoms with Gasteiger partial charge in [0.15, 0.2) is 0 Å². The number of nitrogens with zero attached hydrogens (tertiary/aromatic N) is 1. The molecule has 1 aromatic rings. The lowest BCUT2D eigenvalue weighted by Gasteiger charge is -2.18. The first-order valence-electron chi connectivity index (χ1n) is 6.17. The molecule has 98 valence electrons. The number of hydrogen-bond acceptors (Lipinski definition) is 3. The number of para-hydroxylation sites is 1. The Morgan fingerprint density at radius 1 is 1.44 bits per heavy atom. The Morgan fingerprint density at radius 2 is 2.17 bits per heavy atom. The normalized spacial score (nSPS) is 21.2. The maximum atomic E-state index is 11.9. The Morgan fingerprint density at radius 3 is 2.78 bits per heavy atom. The number of rotatable bonds is 4. The van der Waals surface area contributed by atoms with E-state index in [0.717, 1.165) is 24.3 Å². The van der Waals surface area contributed by atoms with Crippen molar-refractivity contribution in [3.63, 3.8) is 0 Å². The Hall–Kier alpha value is -1.16. The van der Waals surface area contributed by atoms with E-state index in [-0.39, 0.29) is 16.4 Å². The van der Waals surface area contributed by atoms with Crippen LogP contribution < -0.4 is 4.74 Å². The fourth-order valence-corrected chi connectivity index (χ4v) is 3.61. The fourth-order valence-electron chi connectivity index (χ4n) is 2.24. The van der Waals surface area contributed by atoms with Crippen LogP contribution in [0.15, 0.2) is 24.3 Å². The van der Waals surface area contributed by atoms with Gasteiger partial charge in [-0.05, 0) is 19.4 Å². The van der Waals surface area contributed by atoms with Crippen LogP contribution in [0.25, 0.3) is 0 Å². The minimum absolute atomic E-state index is 0.0925. The standard InChI is InChI=1S/C14H19NO2S/c1-10(11-6-4-5-7-12(11)17-3)18-13-8-9-15(2)14(13)16/h4-7,10,13H,8-9H2,1-3H3/t10-,13+/m0/s1. The summed E-state index contributed by atoms with van der Waals surface area (Å²) < 4.78 is 5.37. The molecule has 1 saturated heterocycles. The van der Waals surface area contributed by atoms with Gasteiger partial charge >= 0.3 is 0 Å². The van der Waals surface area contributed by atoms with E-state index in [2.05, 4.69) is 13.0 Å². The highest BCUT2D eigenvalue weighted by molar-refractivity contribution is 8.00. The molecule has 1 aliphatic heterocycles. The van der Waals surface area contributed by atoms with Crippen molar-refractivity contribution in [3.8, 4) is 5.75 Å². The predicted molar refractivity (Wildman–Crippen MR) is 75.0 cm³/mol. The molecule has 2 atom stereocenters. The second-order valence-corrected chi connectivity index (χ2v) is 6.11. The van der Waals surface area contributed by atoms with Crippen LogP contribution in [0.4, 0.5) is 0 Å². The summed E-state index contributed by atoms with van der Waals surface area (Å²) in [6, 6.07) is 8.01. The van der Waals surface area contributed by atoms with Gasteiger partial charge in [0.25, 0.3) is 0 Å². The van der Waals surface area contributed by atoms with Gasteiger partial charge in [-0.1, -0.05) is 18.2 Å². The van der Waals surface area contributed by atoms with E-state index in [9.17, 15) is 4.79 Å². The summed E-state index contributed by atoms with van der Waals surface area (Å²) >= 11 is 1.73. The Bertz CT molecular complexity index is 436. The maximum absolute atomic E-state index is 11.9. The molecule has 2 rings (SSSR count). The van der Waals surface area contributed by atoms with E-state index in [0.29, 0.717) is 0 Å². The molecule has 0 N–H and O–H groups in total. The van der Waals surface area contributed by atoms with E-state index in [1.54, 1.807) is 18.9 Å². The third kappa shape index (κ3) is 2.64.